The van der Waals surface area contributed by atoms with Crippen LogP contribution in [-0.2, 0) is 4.74 Å². The molecule has 0 aliphatic heterocycles. The summed E-state index contributed by atoms with van der Waals surface area (Å²) in [6.07, 6.45) is 19.3. The van der Waals surface area contributed by atoms with Crippen LogP contribution in [0.15, 0.2) is 120 Å². The lowest BCUT2D eigenvalue weighted by Gasteiger charge is -2.23. The maximum absolute atomic E-state index is 11.0. The molecule has 0 fully saturated rings. The van der Waals surface area contributed by atoms with E-state index in [9.17, 15) is 26.3 Å². The van der Waals surface area contributed by atoms with Crippen molar-refractivity contribution in [2.75, 3.05) is 33.0 Å². The second-order valence-corrected chi connectivity index (χ2v) is 20.4. The van der Waals surface area contributed by atoms with Gasteiger partial charge < -0.3 is 23.7 Å². The molecule has 0 saturated heterocycles. The van der Waals surface area contributed by atoms with Crippen LogP contribution in [-0.4, -0.2) is 39.1 Å². The van der Waals surface area contributed by atoms with Crippen molar-refractivity contribution in [3.63, 3.8) is 0 Å². The quantitative estimate of drug-likeness (QED) is 0.0290. The van der Waals surface area contributed by atoms with Gasteiger partial charge in [0.25, 0.3) is 0 Å². The Bertz CT molecular complexity index is 3170. The van der Waals surface area contributed by atoms with Crippen LogP contribution in [0.2, 0.25) is 0 Å². The maximum Gasteiger partial charge on any atom is 0.120 e. The van der Waals surface area contributed by atoms with Crippen LogP contribution >= 0.6 is 0 Å². The van der Waals surface area contributed by atoms with Crippen molar-refractivity contribution < 1.29 is 23.7 Å². The zero-order valence-corrected chi connectivity index (χ0v) is 47.8. The van der Waals surface area contributed by atoms with Gasteiger partial charge in [-0.1, -0.05) is 112 Å². The third kappa shape index (κ3) is 19.3. The van der Waals surface area contributed by atoms with Crippen molar-refractivity contribution in [3.05, 3.63) is 159 Å². The van der Waals surface area contributed by atoms with E-state index in [0.29, 0.717) is 153 Å². The molecule has 10 heteroatoms. The average Bonchev–Trinajstić information content (AvgIpc) is 3.50. The van der Waals surface area contributed by atoms with E-state index < -0.39 is 6.10 Å². The average molecular weight is 1060 g/mol. The standard InChI is InChI=1S/C69H77N5O5/c1-10-16-21-75-66-31-52(27-61(41-71)56-19-18-20-65(35-56)77-45-48(7)12-3)24-58(37-66)62(42-72)29-53-25-59(38-67(32-53)76-22-17-11-2)63(43-73)30-54-26-60(39-69(34-54)79-47-50(9)14-5)64(44-74)28-51-23-57(55(15-6)40-70)36-68(33-51)78-46-49(8)13-4/h15,18-20,23-38,48-50,69H,10-14,16-17,21-22,39,45-47H2,1-9H3/b55-15+,61-27+,62-29+,63-30+,64-28+/t48-,49-,50-,69?/m0/s1. The van der Waals surface area contributed by atoms with Gasteiger partial charge in [-0.05, 0) is 185 Å². The number of unbranched alkanes of at least 4 members (excludes halogenated alkanes) is 2. The van der Waals surface area contributed by atoms with Crippen LogP contribution in [0, 0.1) is 74.4 Å². The SMILES string of the molecule is C/C=C(\C#N)c1cc(/C=C(\C#N)C2=CC(/C=C(\C#N)c3cc(/C=C(\C#N)c4cc(/C=C(\C#N)c5cccc(OC[C@@H](C)CC)c5)cc(OCCCC)c4)cc(OCCCC)c3)=CC(OC[C@@H](C)CC)C2)cc(OC[C@@H](C)CC)c1. The van der Waals surface area contributed by atoms with E-state index in [2.05, 4.69) is 85.7 Å². The second kappa shape index (κ2) is 32.4. The molecule has 1 aliphatic rings. The molecule has 5 rings (SSSR count). The predicted octanol–water partition coefficient (Wildman–Crippen LogP) is 17.2. The van der Waals surface area contributed by atoms with E-state index >= 15 is 0 Å². The van der Waals surface area contributed by atoms with E-state index in [1.165, 1.54) is 0 Å². The zero-order chi connectivity index (χ0) is 57.1. The molecule has 0 aromatic heterocycles. The van der Waals surface area contributed by atoms with Gasteiger partial charge in [-0.25, -0.2) is 0 Å². The second-order valence-electron chi connectivity index (χ2n) is 20.4. The van der Waals surface area contributed by atoms with Gasteiger partial charge in [0.1, 0.15) is 23.0 Å². The Balaban J connectivity index is 1.63. The topological polar surface area (TPSA) is 165 Å². The summed E-state index contributed by atoms with van der Waals surface area (Å²) in [5, 5.41) is 53.1. The summed E-state index contributed by atoms with van der Waals surface area (Å²) in [6.45, 7) is 21.3. The summed E-state index contributed by atoms with van der Waals surface area (Å²) in [4.78, 5) is 0. The van der Waals surface area contributed by atoms with E-state index in [1.54, 1.807) is 24.3 Å². The van der Waals surface area contributed by atoms with Crippen LogP contribution in [0.5, 0.6) is 23.0 Å². The minimum absolute atomic E-state index is 0.303. The summed E-state index contributed by atoms with van der Waals surface area (Å²) in [5.41, 5.74) is 8.02. The number of nitrogens with zero attached hydrogens (tertiary/aromatic N) is 5. The lowest BCUT2D eigenvalue weighted by molar-refractivity contribution is 0.0598. The molecular formula is C69H77N5O5. The first kappa shape index (κ1) is 61.5. The highest BCUT2D eigenvalue weighted by Crippen LogP contribution is 2.34. The maximum atomic E-state index is 11.0. The van der Waals surface area contributed by atoms with E-state index in [1.807, 2.05) is 104 Å². The highest BCUT2D eigenvalue weighted by Gasteiger charge is 2.21. The lowest BCUT2D eigenvalue weighted by atomic mass is 9.89. The smallest absolute Gasteiger partial charge is 0.120 e. The van der Waals surface area contributed by atoms with Gasteiger partial charge in [0.2, 0.25) is 0 Å². The molecule has 1 unspecified atom stereocenters. The summed E-state index contributed by atoms with van der Waals surface area (Å²) in [5.74, 6) is 3.42. The van der Waals surface area contributed by atoms with Gasteiger partial charge in [0, 0.05) is 13.0 Å². The Morgan fingerprint density at radius 2 is 0.937 bits per heavy atom. The van der Waals surface area contributed by atoms with Gasteiger partial charge >= 0.3 is 0 Å². The first-order chi connectivity index (χ1) is 38.3. The Morgan fingerprint density at radius 1 is 0.506 bits per heavy atom. The fourth-order valence-corrected chi connectivity index (χ4v) is 8.26. The molecule has 408 valence electrons. The number of ether oxygens (including phenoxy) is 5. The van der Waals surface area contributed by atoms with Crippen molar-refractivity contribution >= 4 is 40.5 Å². The van der Waals surface area contributed by atoms with Crippen molar-refractivity contribution in [2.24, 2.45) is 17.8 Å². The van der Waals surface area contributed by atoms with Gasteiger partial charge in [0.15, 0.2) is 0 Å². The number of allylic oxidation sites excluding steroid dienone is 9. The lowest BCUT2D eigenvalue weighted by Crippen LogP contribution is -2.19. The van der Waals surface area contributed by atoms with Gasteiger partial charge in [-0.15, -0.1) is 0 Å². The molecule has 0 bridgehead atoms. The molecule has 0 heterocycles. The summed E-state index contributed by atoms with van der Waals surface area (Å²) < 4.78 is 31.4. The van der Waals surface area contributed by atoms with Crippen LogP contribution in [0.3, 0.4) is 0 Å². The normalized spacial score (nSPS) is 15.2. The van der Waals surface area contributed by atoms with Crippen LogP contribution in [0.4, 0.5) is 0 Å². The van der Waals surface area contributed by atoms with Crippen LogP contribution in [0.1, 0.15) is 153 Å². The van der Waals surface area contributed by atoms with E-state index in [0.717, 1.165) is 50.5 Å². The zero-order valence-electron chi connectivity index (χ0n) is 47.8. The van der Waals surface area contributed by atoms with Crippen molar-refractivity contribution in [1.82, 2.24) is 0 Å². The Hall–Kier alpha value is -8.33. The molecule has 0 N–H and O–H groups in total. The number of hydrogen-bond acceptors (Lipinski definition) is 10. The van der Waals surface area contributed by atoms with Crippen molar-refractivity contribution in [2.45, 2.75) is 120 Å². The minimum atomic E-state index is -0.393. The number of nitriles is 5. The fraction of sp³-hybridized carbons (Fsp3) is 0.377. The van der Waals surface area contributed by atoms with E-state index in [-0.39, 0.29) is 0 Å². The minimum Gasteiger partial charge on any atom is -0.494 e. The third-order valence-corrected chi connectivity index (χ3v) is 13.8. The Labute approximate surface area is 471 Å². The first-order valence-corrected chi connectivity index (χ1v) is 28.0. The molecule has 4 aromatic rings. The van der Waals surface area contributed by atoms with Crippen LogP contribution in [0.25, 0.3) is 40.5 Å². The highest BCUT2D eigenvalue weighted by atomic mass is 16.5. The first-order valence-electron chi connectivity index (χ1n) is 28.0. The molecule has 0 saturated carbocycles. The molecule has 0 radical (unpaired) electrons. The third-order valence-electron chi connectivity index (χ3n) is 13.8. The van der Waals surface area contributed by atoms with Crippen LogP contribution < -0.4 is 18.9 Å². The van der Waals surface area contributed by atoms with E-state index in [4.69, 9.17) is 23.7 Å². The highest BCUT2D eigenvalue weighted by molar-refractivity contribution is 5.94. The Morgan fingerprint density at radius 3 is 1.42 bits per heavy atom. The molecule has 0 spiro atoms. The molecule has 1 aliphatic carbocycles. The fourth-order valence-electron chi connectivity index (χ4n) is 8.26. The monoisotopic (exact) mass is 1060 g/mol. The number of hydrogen-bond donors (Lipinski definition) is 0. The molecule has 10 nitrogen and oxygen atoms in total. The largest absolute Gasteiger partial charge is 0.494 e. The molecule has 0 amide bonds. The summed E-state index contributed by atoms with van der Waals surface area (Å²) >= 11 is 0. The molecular weight excluding hydrogens is 979 g/mol. The van der Waals surface area contributed by atoms with Crippen molar-refractivity contribution in [3.8, 4) is 53.3 Å². The van der Waals surface area contributed by atoms with Gasteiger partial charge in [-0.2, -0.15) is 26.3 Å². The van der Waals surface area contributed by atoms with Gasteiger partial charge in [0.05, 0.1) is 90.7 Å². The summed E-state index contributed by atoms with van der Waals surface area (Å²) in [7, 11) is 0. The molecule has 4 aromatic carbocycles. The number of rotatable bonds is 29. The van der Waals surface area contributed by atoms with Gasteiger partial charge in [-0.3, -0.25) is 0 Å². The predicted molar refractivity (Wildman–Crippen MR) is 320 cm³/mol. The van der Waals surface area contributed by atoms with Crippen molar-refractivity contribution in [1.29, 1.82) is 26.3 Å². The molecule has 4 atom stereocenters. The molecule has 79 heavy (non-hydrogen) atoms. The Kier molecular flexibility index (Phi) is 25.2. The summed E-state index contributed by atoms with van der Waals surface area (Å²) in [6, 6.07) is 36.3. The number of benzene rings is 4.